The standard InChI is InChI=1S/C17H21ClN2O4/c1-3-6-23-16-8-14(18)12(7-15(16)22-2)9-19-4-5-20-13(10-19)11-24-17(20)21/h3,7-8,13H,1,4-6,9-11H2,2H3. The molecule has 24 heavy (non-hydrogen) atoms. The first-order valence-corrected chi connectivity index (χ1v) is 8.26. The molecule has 1 aromatic carbocycles. The highest BCUT2D eigenvalue weighted by Crippen LogP contribution is 2.34. The molecule has 3 rings (SSSR count). The van der Waals surface area contributed by atoms with Crippen molar-refractivity contribution >= 4 is 17.7 Å². The molecule has 2 fully saturated rings. The van der Waals surface area contributed by atoms with Gasteiger partial charge in [0, 0.05) is 37.3 Å². The van der Waals surface area contributed by atoms with E-state index in [2.05, 4.69) is 11.5 Å². The molecule has 2 aliphatic heterocycles. The van der Waals surface area contributed by atoms with Gasteiger partial charge in [-0.3, -0.25) is 9.80 Å². The molecule has 0 saturated carbocycles. The molecule has 0 spiro atoms. The second kappa shape index (κ2) is 7.32. The normalized spacial score (nSPS) is 20.5. The Bertz CT molecular complexity index is 637. The molecule has 6 nitrogen and oxygen atoms in total. The summed E-state index contributed by atoms with van der Waals surface area (Å²) in [6.45, 7) is 7.43. The summed E-state index contributed by atoms with van der Waals surface area (Å²) < 4.78 is 16.1. The van der Waals surface area contributed by atoms with E-state index in [0.29, 0.717) is 42.8 Å². The van der Waals surface area contributed by atoms with Crippen LogP contribution in [0.1, 0.15) is 5.56 Å². The number of ether oxygens (including phenoxy) is 3. The van der Waals surface area contributed by atoms with E-state index < -0.39 is 0 Å². The van der Waals surface area contributed by atoms with Crippen molar-refractivity contribution in [1.29, 1.82) is 0 Å². The minimum Gasteiger partial charge on any atom is -0.493 e. The third-order valence-corrected chi connectivity index (χ3v) is 4.64. The maximum absolute atomic E-state index is 11.6. The van der Waals surface area contributed by atoms with Crippen molar-refractivity contribution in [2.24, 2.45) is 0 Å². The number of nitrogens with zero attached hydrogens (tertiary/aromatic N) is 2. The molecule has 2 saturated heterocycles. The fourth-order valence-corrected chi connectivity index (χ4v) is 3.27. The van der Waals surface area contributed by atoms with Gasteiger partial charge in [0.25, 0.3) is 0 Å². The molecular weight excluding hydrogens is 332 g/mol. The number of hydrogen-bond donors (Lipinski definition) is 0. The number of fused-ring (bicyclic) bond motifs is 1. The van der Waals surface area contributed by atoms with E-state index >= 15 is 0 Å². The van der Waals surface area contributed by atoms with Gasteiger partial charge in [0.15, 0.2) is 11.5 Å². The van der Waals surface area contributed by atoms with Gasteiger partial charge in [0.05, 0.1) is 13.2 Å². The fraction of sp³-hybridized carbons (Fsp3) is 0.471. The van der Waals surface area contributed by atoms with Gasteiger partial charge in [-0.05, 0) is 11.6 Å². The number of amides is 1. The summed E-state index contributed by atoms with van der Waals surface area (Å²) in [5, 5.41) is 0.635. The summed E-state index contributed by atoms with van der Waals surface area (Å²) in [6.07, 6.45) is 1.47. The lowest BCUT2D eigenvalue weighted by Crippen LogP contribution is -2.51. The zero-order valence-electron chi connectivity index (χ0n) is 13.7. The topological polar surface area (TPSA) is 51.2 Å². The van der Waals surface area contributed by atoms with Gasteiger partial charge in [-0.1, -0.05) is 24.3 Å². The summed E-state index contributed by atoms with van der Waals surface area (Å²) in [6, 6.07) is 3.81. The molecule has 0 aliphatic carbocycles. The zero-order chi connectivity index (χ0) is 17.1. The Morgan fingerprint density at radius 2 is 2.25 bits per heavy atom. The summed E-state index contributed by atoms with van der Waals surface area (Å²) in [5.74, 6) is 1.25. The Morgan fingerprint density at radius 3 is 3.00 bits per heavy atom. The molecule has 7 heteroatoms. The maximum atomic E-state index is 11.6. The van der Waals surface area contributed by atoms with E-state index in [-0.39, 0.29) is 12.1 Å². The van der Waals surface area contributed by atoms with Crippen LogP contribution in [0, 0.1) is 0 Å². The van der Waals surface area contributed by atoms with Crippen molar-refractivity contribution < 1.29 is 19.0 Å². The smallest absolute Gasteiger partial charge is 0.410 e. The molecule has 1 unspecified atom stereocenters. The number of carbonyl (C=O) groups is 1. The molecule has 1 atom stereocenters. The van der Waals surface area contributed by atoms with E-state index in [0.717, 1.165) is 18.7 Å². The van der Waals surface area contributed by atoms with Crippen LogP contribution in [-0.2, 0) is 11.3 Å². The average Bonchev–Trinajstić information content (AvgIpc) is 2.95. The lowest BCUT2D eigenvalue weighted by Gasteiger charge is -2.35. The van der Waals surface area contributed by atoms with Crippen LogP contribution in [0.5, 0.6) is 11.5 Å². The second-order valence-corrected chi connectivity index (χ2v) is 6.26. The molecule has 0 N–H and O–H groups in total. The van der Waals surface area contributed by atoms with E-state index in [1.807, 2.05) is 6.07 Å². The first kappa shape index (κ1) is 16.9. The minimum atomic E-state index is -0.205. The Labute approximate surface area is 146 Å². The lowest BCUT2D eigenvalue weighted by atomic mass is 10.1. The lowest BCUT2D eigenvalue weighted by molar-refractivity contribution is 0.115. The van der Waals surface area contributed by atoms with Gasteiger partial charge < -0.3 is 14.2 Å². The third-order valence-electron chi connectivity index (χ3n) is 4.28. The monoisotopic (exact) mass is 352 g/mol. The van der Waals surface area contributed by atoms with Crippen LogP contribution < -0.4 is 9.47 Å². The van der Waals surface area contributed by atoms with Crippen LogP contribution in [0.15, 0.2) is 24.8 Å². The molecule has 130 valence electrons. The minimum absolute atomic E-state index is 0.127. The van der Waals surface area contributed by atoms with Gasteiger partial charge in [-0.15, -0.1) is 0 Å². The summed E-state index contributed by atoms with van der Waals surface area (Å²) in [4.78, 5) is 15.6. The largest absolute Gasteiger partial charge is 0.493 e. The van der Waals surface area contributed by atoms with Gasteiger partial charge in [-0.2, -0.15) is 0 Å². The third kappa shape index (κ3) is 3.44. The van der Waals surface area contributed by atoms with Crippen molar-refractivity contribution in [3.63, 3.8) is 0 Å². The maximum Gasteiger partial charge on any atom is 0.410 e. The van der Waals surface area contributed by atoms with Crippen molar-refractivity contribution in [1.82, 2.24) is 9.80 Å². The number of carbonyl (C=O) groups excluding carboxylic acids is 1. The first-order chi connectivity index (χ1) is 11.6. The predicted molar refractivity (Wildman–Crippen MR) is 90.8 cm³/mol. The fourth-order valence-electron chi connectivity index (χ4n) is 3.06. The highest BCUT2D eigenvalue weighted by molar-refractivity contribution is 6.31. The van der Waals surface area contributed by atoms with Crippen LogP contribution >= 0.6 is 11.6 Å². The highest BCUT2D eigenvalue weighted by Gasteiger charge is 2.37. The average molecular weight is 353 g/mol. The predicted octanol–water partition coefficient (Wildman–Crippen LogP) is 2.55. The quantitative estimate of drug-likeness (QED) is 0.736. The van der Waals surface area contributed by atoms with E-state index in [1.165, 1.54) is 0 Å². The van der Waals surface area contributed by atoms with Crippen LogP contribution in [-0.4, -0.2) is 61.9 Å². The summed E-state index contributed by atoms with van der Waals surface area (Å²) in [5.41, 5.74) is 0.971. The Kier molecular flexibility index (Phi) is 5.16. The Morgan fingerprint density at radius 1 is 1.42 bits per heavy atom. The van der Waals surface area contributed by atoms with E-state index in [4.69, 9.17) is 25.8 Å². The number of methoxy groups -OCH3 is 1. The molecule has 1 aromatic rings. The molecular formula is C17H21ClN2O4. The van der Waals surface area contributed by atoms with Crippen molar-refractivity contribution in [3.05, 3.63) is 35.4 Å². The molecule has 2 aliphatic rings. The first-order valence-electron chi connectivity index (χ1n) is 7.88. The summed E-state index contributed by atoms with van der Waals surface area (Å²) in [7, 11) is 1.61. The molecule has 2 heterocycles. The number of benzene rings is 1. The highest BCUT2D eigenvalue weighted by atomic mass is 35.5. The van der Waals surface area contributed by atoms with Crippen molar-refractivity contribution in [2.45, 2.75) is 12.6 Å². The Hall–Kier alpha value is -1.92. The van der Waals surface area contributed by atoms with Gasteiger partial charge in [0.1, 0.15) is 13.2 Å². The number of hydrogen-bond acceptors (Lipinski definition) is 5. The number of rotatable bonds is 6. The summed E-state index contributed by atoms with van der Waals surface area (Å²) >= 11 is 6.41. The Balaban J connectivity index is 1.70. The molecule has 0 aromatic heterocycles. The van der Waals surface area contributed by atoms with Crippen LogP contribution in [0.2, 0.25) is 5.02 Å². The number of piperazine rings is 1. The van der Waals surface area contributed by atoms with Gasteiger partial charge in [-0.25, -0.2) is 4.79 Å². The number of halogens is 1. The SMILES string of the molecule is C=CCOc1cc(Cl)c(CN2CCN3C(=O)OCC3C2)cc1OC. The van der Waals surface area contributed by atoms with Crippen molar-refractivity contribution in [2.75, 3.05) is 40.0 Å². The number of cyclic esters (lactones) is 1. The van der Waals surface area contributed by atoms with Crippen LogP contribution in [0.3, 0.4) is 0 Å². The molecule has 1 amide bonds. The van der Waals surface area contributed by atoms with Crippen molar-refractivity contribution in [3.8, 4) is 11.5 Å². The van der Waals surface area contributed by atoms with Crippen LogP contribution in [0.25, 0.3) is 0 Å². The van der Waals surface area contributed by atoms with E-state index in [9.17, 15) is 4.79 Å². The second-order valence-electron chi connectivity index (χ2n) is 5.85. The molecule has 0 bridgehead atoms. The zero-order valence-corrected chi connectivity index (χ0v) is 14.4. The van der Waals surface area contributed by atoms with Crippen LogP contribution in [0.4, 0.5) is 4.79 Å². The molecule has 0 radical (unpaired) electrons. The van der Waals surface area contributed by atoms with Gasteiger partial charge >= 0.3 is 6.09 Å². The van der Waals surface area contributed by atoms with Gasteiger partial charge in [0.2, 0.25) is 0 Å². The van der Waals surface area contributed by atoms with E-state index in [1.54, 1.807) is 24.2 Å².